The summed E-state index contributed by atoms with van der Waals surface area (Å²) in [4.78, 5) is 11.7. The van der Waals surface area contributed by atoms with Gasteiger partial charge in [-0.05, 0) is 31.4 Å². The molecule has 0 saturated carbocycles. The molecule has 0 saturated heterocycles. The van der Waals surface area contributed by atoms with Crippen molar-refractivity contribution in [3.63, 3.8) is 0 Å². The topological polar surface area (TPSA) is 26.3 Å². The molecule has 0 aliphatic heterocycles. The molecule has 0 spiro atoms. The molecule has 0 aromatic rings. The van der Waals surface area contributed by atoms with E-state index in [1.807, 2.05) is 0 Å². The van der Waals surface area contributed by atoms with Crippen LogP contribution in [-0.2, 0) is 9.22 Å². The highest BCUT2D eigenvalue weighted by atomic mass is 32.2. The Kier molecular flexibility index (Phi) is 18.7. The van der Waals surface area contributed by atoms with Crippen molar-refractivity contribution in [2.45, 2.75) is 103 Å². The molecule has 0 bridgehead atoms. The van der Waals surface area contributed by atoms with Crippen LogP contribution in [0.3, 0.4) is 0 Å². The molecule has 0 amide bonds. The van der Waals surface area contributed by atoms with E-state index in [0.717, 1.165) is 38.0 Å². The van der Waals surface area contributed by atoms with E-state index in [0.29, 0.717) is 5.12 Å². The molecule has 0 atom stereocenters. The molecule has 0 heterocycles. The second-order valence-corrected chi connectivity index (χ2v) is 9.85. The standard InChI is InChI=1S/C19H39O2SSi/c1-4-7-10-11-14-19(20)22-16-13-12-15-21-23(17-8-5-2)18-9-6-3/h4-18H2,1-3H3. The Morgan fingerprint density at radius 1 is 0.826 bits per heavy atom. The van der Waals surface area contributed by atoms with Gasteiger partial charge in [0.15, 0.2) is 5.12 Å². The summed E-state index contributed by atoms with van der Waals surface area (Å²) in [5.41, 5.74) is 0. The second-order valence-electron chi connectivity index (χ2n) is 6.33. The Labute approximate surface area is 151 Å². The van der Waals surface area contributed by atoms with E-state index in [2.05, 4.69) is 20.8 Å². The number of unbranched alkanes of at least 4 members (excludes halogenated alkanes) is 6. The third kappa shape index (κ3) is 16.8. The van der Waals surface area contributed by atoms with Crippen LogP contribution in [0.2, 0.25) is 12.1 Å². The highest BCUT2D eigenvalue weighted by molar-refractivity contribution is 8.13. The van der Waals surface area contributed by atoms with Gasteiger partial charge in [-0.2, -0.15) is 0 Å². The molecule has 0 aliphatic carbocycles. The molecule has 0 aromatic carbocycles. The van der Waals surface area contributed by atoms with Crippen molar-refractivity contribution in [2.24, 2.45) is 0 Å². The lowest BCUT2D eigenvalue weighted by atomic mass is 10.2. The van der Waals surface area contributed by atoms with Crippen LogP contribution in [0.5, 0.6) is 0 Å². The Balaban J connectivity index is 3.51. The molecule has 137 valence electrons. The Morgan fingerprint density at radius 2 is 1.48 bits per heavy atom. The van der Waals surface area contributed by atoms with E-state index in [1.165, 1.54) is 68.8 Å². The predicted octanol–water partition coefficient (Wildman–Crippen LogP) is 6.61. The first-order chi connectivity index (χ1) is 11.2. The monoisotopic (exact) mass is 359 g/mol. The molecule has 2 nitrogen and oxygen atoms in total. The van der Waals surface area contributed by atoms with Crippen LogP contribution in [0.25, 0.3) is 0 Å². The van der Waals surface area contributed by atoms with Crippen LogP contribution in [0.4, 0.5) is 0 Å². The van der Waals surface area contributed by atoms with Crippen LogP contribution in [0.1, 0.15) is 91.4 Å². The molecule has 0 N–H and O–H groups in total. The van der Waals surface area contributed by atoms with Crippen molar-refractivity contribution in [3.05, 3.63) is 0 Å². The lowest BCUT2D eigenvalue weighted by Crippen LogP contribution is -2.18. The summed E-state index contributed by atoms with van der Waals surface area (Å²) in [6.07, 6.45) is 13.0. The minimum atomic E-state index is -0.564. The molecule has 0 aliphatic rings. The summed E-state index contributed by atoms with van der Waals surface area (Å²) < 4.78 is 6.15. The zero-order valence-electron chi connectivity index (χ0n) is 15.8. The van der Waals surface area contributed by atoms with Crippen molar-refractivity contribution >= 4 is 25.9 Å². The van der Waals surface area contributed by atoms with Crippen molar-refractivity contribution in [3.8, 4) is 0 Å². The molecule has 4 heteroatoms. The number of thioether (sulfide) groups is 1. The van der Waals surface area contributed by atoms with Crippen LogP contribution in [-0.4, -0.2) is 26.5 Å². The lowest BCUT2D eigenvalue weighted by molar-refractivity contribution is -0.111. The summed E-state index contributed by atoms with van der Waals surface area (Å²) in [5, 5.41) is 0.387. The molecule has 0 unspecified atom stereocenters. The fourth-order valence-electron chi connectivity index (χ4n) is 2.39. The van der Waals surface area contributed by atoms with E-state index in [1.54, 1.807) is 0 Å². The van der Waals surface area contributed by atoms with E-state index < -0.39 is 9.04 Å². The Hall–Kier alpha value is 0.197. The maximum absolute atomic E-state index is 11.7. The average molecular weight is 360 g/mol. The predicted molar refractivity (Wildman–Crippen MR) is 107 cm³/mol. The van der Waals surface area contributed by atoms with Gasteiger partial charge in [0.1, 0.15) is 0 Å². The van der Waals surface area contributed by atoms with Crippen LogP contribution in [0.15, 0.2) is 0 Å². The number of rotatable bonds is 17. The largest absolute Gasteiger partial charge is 0.417 e. The van der Waals surface area contributed by atoms with Crippen molar-refractivity contribution in [1.29, 1.82) is 0 Å². The van der Waals surface area contributed by atoms with Gasteiger partial charge >= 0.3 is 0 Å². The number of carbonyl (C=O) groups is 1. The third-order valence-corrected chi connectivity index (χ3v) is 7.41. The van der Waals surface area contributed by atoms with Crippen LogP contribution >= 0.6 is 11.8 Å². The Bertz CT molecular complexity index is 254. The highest BCUT2D eigenvalue weighted by Gasteiger charge is 2.11. The summed E-state index contributed by atoms with van der Waals surface area (Å²) in [5.74, 6) is 0.974. The van der Waals surface area contributed by atoms with E-state index in [4.69, 9.17) is 4.43 Å². The van der Waals surface area contributed by atoms with Crippen LogP contribution < -0.4 is 0 Å². The minimum absolute atomic E-state index is 0.387. The summed E-state index contributed by atoms with van der Waals surface area (Å²) in [6.45, 7) is 7.63. The maximum atomic E-state index is 11.7. The Morgan fingerprint density at radius 3 is 2.09 bits per heavy atom. The lowest BCUT2D eigenvalue weighted by Gasteiger charge is -2.14. The number of carbonyl (C=O) groups excluding carboxylic acids is 1. The molecular formula is C19H39O2SSi. The normalized spacial score (nSPS) is 11.3. The molecule has 0 fully saturated rings. The molecular weight excluding hydrogens is 320 g/mol. The van der Waals surface area contributed by atoms with Crippen molar-refractivity contribution in [2.75, 3.05) is 12.4 Å². The second kappa shape index (κ2) is 18.5. The van der Waals surface area contributed by atoms with Crippen LogP contribution in [0, 0.1) is 0 Å². The van der Waals surface area contributed by atoms with Gasteiger partial charge in [-0.3, -0.25) is 4.79 Å². The quantitative estimate of drug-likeness (QED) is 0.216. The molecule has 0 aromatic heterocycles. The summed E-state index contributed by atoms with van der Waals surface area (Å²) >= 11 is 1.53. The van der Waals surface area contributed by atoms with Gasteiger partial charge in [-0.15, -0.1) is 0 Å². The van der Waals surface area contributed by atoms with Gasteiger partial charge in [0.05, 0.1) is 0 Å². The minimum Gasteiger partial charge on any atom is -0.417 e. The average Bonchev–Trinajstić information content (AvgIpc) is 2.56. The third-order valence-electron chi connectivity index (χ3n) is 3.96. The van der Waals surface area contributed by atoms with Gasteiger partial charge in [0.2, 0.25) is 9.04 Å². The first kappa shape index (κ1) is 23.2. The van der Waals surface area contributed by atoms with Crippen molar-refractivity contribution in [1.82, 2.24) is 0 Å². The maximum Gasteiger partial charge on any atom is 0.211 e. The summed E-state index contributed by atoms with van der Waals surface area (Å²) in [6, 6.07) is 2.62. The van der Waals surface area contributed by atoms with Gasteiger partial charge in [0.25, 0.3) is 0 Å². The smallest absolute Gasteiger partial charge is 0.211 e. The molecule has 0 rings (SSSR count). The zero-order valence-corrected chi connectivity index (χ0v) is 17.6. The molecule has 23 heavy (non-hydrogen) atoms. The zero-order chi connectivity index (χ0) is 17.2. The van der Waals surface area contributed by atoms with E-state index >= 15 is 0 Å². The van der Waals surface area contributed by atoms with Gasteiger partial charge in [0, 0.05) is 18.8 Å². The van der Waals surface area contributed by atoms with Crippen molar-refractivity contribution < 1.29 is 9.22 Å². The van der Waals surface area contributed by atoms with Gasteiger partial charge in [-0.25, -0.2) is 0 Å². The molecule has 1 radical (unpaired) electrons. The van der Waals surface area contributed by atoms with E-state index in [-0.39, 0.29) is 0 Å². The number of hydrogen-bond donors (Lipinski definition) is 0. The fraction of sp³-hybridized carbons (Fsp3) is 0.947. The van der Waals surface area contributed by atoms with E-state index in [9.17, 15) is 4.79 Å². The number of hydrogen-bond acceptors (Lipinski definition) is 3. The van der Waals surface area contributed by atoms with Gasteiger partial charge in [-0.1, -0.05) is 77.5 Å². The first-order valence-corrected chi connectivity index (χ1v) is 12.7. The SMILES string of the molecule is CCCCCCC(=O)SCCCCO[Si](CCCC)CCCC. The summed E-state index contributed by atoms with van der Waals surface area (Å²) in [7, 11) is -0.564. The van der Waals surface area contributed by atoms with Gasteiger partial charge < -0.3 is 4.43 Å². The highest BCUT2D eigenvalue weighted by Crippen LogP contribution is 2.14. The first-order valence-electron chi connectivity index (χ1n) is 9.87. The fourth-order valence-corrected chi connectivity index (χ4v) is 5.72.